The topological polar surface area (TPSA) is 102 Å². The lowest BCUT2D eigenvalue weighted by Crippen LogP contribution is -2.10. The number of nitro groups is 1. The van der Waals surface area contributed by atoms with Crippen molar-refractivity contribution in [1.29, 1.82) is 5.41 Å². The third-order valence-electron chi connectivity index (χ3n) is 2.75. The van der Waals surface area contributed by atoms with Crippen LogP contribution in [-0.4, -0.2) is 10.8 Å². The highest BCUT2D eigenvalue weighted by atomic mass is 16.6. The van der Waals surface area contributed by atoms with Gasteiger partial charge in [0, 0.05) is 11.6 Å². The highest BCUT2D eigenvalue weighted by Crippen LogP contribution is 2.20. The number of nitro benzene ring substituents is 1. The SMILES string of the molecule is N=C(N)c1ccc(OCc2ccccc2[N+](=O)[O-])cc1. The Morgan fingerprint density at radius 2 is 1.85 bits per heavy atom. The first-order valence-electron chi connectivity index (χ1n) is 5.87. The maximum atomic E-state index is 10.9. The number of para-hydroxylation sites is 1. The van der Waals surface area contributed by atoms with E-state index in [1.807, 2.05) is 0 Å². The zero-order valence-corrected chi connectivity index (χ0v) is 10.6. The largest absolute Gasteiger partial charge is 0.489 e. The van der Waals surface area contributed by atoms with E-state index >= 15 is 0 Å². The zero-order valence-electron chi connectivity index (χ0n) is 10.6. The molecule has 0 unspecified atom stereocenters. The summed E-state index contributed by atoms with van der Waals surface area (Å²) in [5.41, 5.74) is 6.49. The Morgan fingerprint density at radius 3 is 2.45 bits per heavy atom. The minimum absolute atomic E-state index is 0.0183. The summed E-state index contributed by atoms with van der Waals surface area (Å²) in [5.74, 6) is 0.545. The smallest absolute Gasteiger partial charge is 0.276 e. The van der Waals surface area contributed by atoms with Crippen LogP contribution in [0, 0.1) is 15.5 Å². The summed E-state index contributed by atoms with van der Waals surface area (Å²) >= 11 is 0. The Balaban J connectivity index is 2.09. The van der Waals surface area contributed by atoms with Crippen molar-refractivity contribution in [3.8, 4) is 5.75 Å². The maximum Gasteiger partial charge on any atom is 0.276 e. The summed E-state index contributed by atoms with van der Waals surface area (Å²) in [7, 11) is 0. The molecule has 0 bridgehead atoms. The average Bonchev–Trinajstić information content (AvgIpc) is 2.45. The molecule has 0 aromatic heterocycles. The zero-order chi connectivity index (χ0) is 14.5. The summed E-state index contributed by atoms with van der Waals surface area (Å²) in [5, 5.41) is 18.1. The molecular weight excluding hydrogens is 258 g/mol. The van der Waals surface area contributed by atoms with Crippen molar-refractivity contribution in [3.05, 3.63) is 69.8 Å². The number of nitrogens with one attached hydrogen (secondary N) is 1. The summed E-state index contributed by atoms with van der Waals surface area (Å²) in [6, 6.07) is 13.1. The van der Waals surface area contributed by atoms with Gasteiger partial charge in [0.1, 0.15) is 18.2 Å². The van der Waals surface area contributed by atoms with Gasteiger partial charge in [0.05, 0.1) is 10.5 Å². The van der Waals surface area contributed by atoms with Gasteiger partial charge in [-0.05, 0) is 30.3 Å². The van der Waals surface area contributed by atoms with Gasteiger partial charge in [0.15, 0.2) is 0 Å². The molecule has 0 amide bonds. The molecule has 0 heterocycles. The van der Waals surface area contributed by atoms with Crippen LogP contribution in [0.15, 0.2) is 48.5 Å². The second-order valence-corrected chi connectivity index (χ2v) is 4.11. The molecule has 3 N–H and O–H groups in total. The third kappa shape index (κ3) is 3.11. The lowest BCUT2D eigenvalue weighted by atomic mass is 10.2. The molecule has 6 heteroatoms. The van der Waals surface area contributed by atoms with Gasteiger partial charge in [-0.25, -0.2) is 0 Å². The molecule has 2 aromatic carbocycles. The molecule has 0 fully saturated rings. The Hall–Kier alpha value is -2.89. The van der Waals surface area contributed by atoms with Crippen LogP contribution >= 0.6 is 0 Å². The first kappa shape index (κ1) is 13.5. The van der Waals surface area contributed by atoms with E-state index in [9.17, 15) is 10.1 Å². The Labute approximate surface area is 115 Å². The Bertz CT molecular complexity index is 638. The minimum Gasteiger partial charge on any atom is -0.489 e. The van der Waals surface area contributed by atoms with E-state index in [0.717, 1.165) is 0 Å². The number of benzene rings is 2. The van der Waals surface area contributed by atoms with E-state index in [2.05, 4.69) is 0 Å². The van der Waals surface area contributed by atoms with E-state index in [-0.39, 0.29) is 18.1 Å². The molecule has 0 aliphatic rings. The highest BCUT2D eigenvalue weighted by Gasteiger charge is 2.12. The molecule has 0 aliphatic heterocycles. The fraction of sp³-hybridized carbons (Fsp3) is 0.0714. The quantitative estimate of drug-likeness (QED) is 0.377. The van der Waals surface area contributed by atoms with Gasteiger partial charge >= 0.3 is 0 Å². The number of nitrogens with two attached hydrogens (primary N) is 1. The molecule has 102 valence electrons. The van der Waals surface area contributed by atoms with Crippen LogP contribution in [-0.2, 0) is 6.61 Å². The first-order valence-corrected chi connectivity index (χ1v) is 5.87. The molecule has 6 nitrogen and oxygen atoms in total. The predicted molar refractivity (Wildman–Crippen MR) is 74.9 cm³/mol. The number of nitrogens with zero attached hydrogens (tertiary/aromatic N) is 1. The molecule has 20 heavy (non-hydrogen) atoms. The summed E-state index contributed by atoms with van der Waals surface area (Å²) < 4.78 is 5.50. The van der Waals surface area contributed by atoms with Crippen LogP contribution in [0.4, 0.5) is 5.69 Å². The molecule has 0 aliphatic carbocycles. The van der Waals surface area contributed by atoms with Gasteiger partial charge in [-0.3, -0.25) is 15.5 Å². The van der Waals surface area contributed by atoms with Gasteiger partial charge in [0.25, 0.3) is 5.69 Å². The number of rotatable bonds is 5. The molecule has 0 spiro atoms. The van der Waals surface area contributed by atoms with Crippen LogP contribution in [0.3, 0.4) is 0 Å². The second kappa shape index (κ2) is 5.83. The average molecular weight is 271 g/mol. The van der Waals surface area contributed by atoms with Crippen molar-refractivity contribution in [2.75, 3.05) is 0 Å². The van der Waals surface area contributed by atoms with Gasteiger partial charge < -0.3 is 10.5 Å². The molecule has 0 saturated carbocycles. The lowest BCUT2D eigenvalue weighted by Gasteiger charge is -2.07. The molecule has 0 radical (unpaired) electrons. The van der Waals surface area contributed by atoms with Crippen LogP contribution < -0.4 is 10.5 Å². The molecule has 2 rings (SSSR count). The van der Waals surface area contributed by atoms with E-state index in [0.29, 0.717) is 16.9 Å². The fourth-order valence-corrected chi connectivity index (χ4v) is 1.70. The van der Waals surface area contributed by atoms with E-state index in [1.54, 1.807) is 42.5 Å². The summed E-state index contributed by atoms with van der Waals surface area (Å²) in [4.78, 5) is 10.4. The van der Waals surface area contributed by atoms with Crippen molar-refractivity contribution in [2.24, 2.45) is 5.73 Å². The summed E-state index contributed by atoms with van der Waals surface area (Å²) in [6.45, 7) is 0.108. The van der Waals surface area contributed by atoms with Crippen LogP contribution in [0.5, 0.6) is 5.75 Å². The second-order valence-electron chi connectivity index (χ2n) is 4.11. The fourth-order valence-electron chi connectivity index (χ4n) is 1.70. The molecule has 2 aromatic rings. The van der Waals surface area contributed by atoms with Gasteiger partial charge in [-0.15, -0.1) is 0 Å². The maximum absolute atomic E-state index is 10.9. The number of hydrogen-bond acceptors (Lipinski definition) is 4. The predicted octanol–water partition coefficient (Wildman–Crippen LogP) is 2.46. The van der Waals surface area contributed by atoms with Crippen molar-refractivity contribution < 1.29 is 9.66 Å². The Morgan fingerprint density at radius 1 is 1.20 bits per heavy atom. The number of ether oxygens (including phenoxy) is 1. The van der Waals surface area contributed by atoms with E-state index in [1.165, 1.54) is 6.07 Å². The van der Waals surface area contributed by atoms with Crippen LogP contribution in [0.25, 0.3) is 0 Å². The number of nitrogen functional groups attached to an aromatic ring is 1. The minimum atomic E-state index is -0.433. The number of amidine groups is 1. The summed E-state index contributed by atoms with van der Waals surface area (Å²) in [6.07, 6.45) is 0. The van der Waals surface area contributed by atoms with Gasteiger partial charge in [-0.2, -0.15) is 0 Å². The standard InChI is InChI=1S/C14H13N3O3/c15-14(16)10-5-7-12(8-6-10)20-9-11-3-1-2-4-13(11)17(18)19/h1-8H,9H2,(H3,15,16). The third-order valence-corrected chi connectivity index (χ3v) is 2.75. The van der Waals surface area contributed by atoms with Crippen LogP contribution in [0.1, 0.15) is 11.1 Å². The van der Waals surface area contributed by atoms with Gasteiger partial charge in [-0.1, -0.05) is 12.1 Å². The van der Waals surface area contributed by atoms with E-state index in [4.69, 9.17) is 15.9 Å². The first-order chi connectivity index (χ1) is 9.58. The van der Waals surface area contributed by atoms with Crippen LogP contribution in [0.2, 0.25) is 0 Å². The van der Waals surface area contributed by atoms with Crippen molar-refractivity contribution in [2.45, 2.75) is 6.61 Å². The van der Waals surface area contributed by atoms with Crippen molar-refractivity contribution >= 4 is 11.5 Å². The molecular formula is C14H13N3O3. The highest BCUT2D eigenvalue weighted by molar-refractivity contribution is 5.94. The molecule has 0 atom stereocenters. The van der Waals surface area contributed by atoms with E-state index < -0.39 is 4.92 Å². The monoisotopic (exact) mass is 271 g/mol. The van der Waals surface area contributed by atoms with Gasteiger partial charge in [0.2, 0.25) is 0 Å². The lowest BCUT2D eigenvalue weighted by molar-refractivity contribution is -0.385. The Kier molecular flexibility index (Phi) is 3.95. The van der Waals surface area contributed by atoms with Crippen molar-refractivity contribution in [3.63, 3.8) is 0 Å². The molecule has 0 saturated heterocycles. The van der Waals surface area contributed by atoms with Crippen molar-refractivity contribution in [1.82, 2.24) is 0 Å². The normalized spacial score (nSPS) is 10.0. The number of hydrogen-bond donors (Lipinski definition) is 2.